The molecule has 1 aromatic heterocycles. The van der Waals surface area contributed by atoms with Crippen molar-refractivity contribution in [1.29, 1.82) is 0 Å². The van der Waals surface area contributed by atoms with E-state index in [0.717, 1.165) is 28.7 Å². The van der Waals surface area contributed by atoms with Gasteiger partial charge in [0.15, 0.2) is 11.0 Å². The van der Waals surface area contributed by atoms with Crippen molar-refractivity contribution in [3.8, 4) is 11.4 Å². The Morgan fingerprint density at radius 3 is 2.58 bits per heavy atom. The molecule has 3 nitrogen and oxygen atoms in total. The second kappa shape index (κ2) is 7.36. The third-order valence-corrected chi connectivity index (χ3v) is 5.11. The highest BCUT2D eigenvalue weighted by Gasteiger charge is 2.17. The van der Waals surface area contributed by atoms with E-state index in [1.165, 1.54) is 12.1 Å². The Labute approximate surface area is 149 Å². The maximum absolute atomic E-state index is 13.1. The van der Waals surface area contributed by atoms with Gasteiger partial charge in [-0.1, -0.05) is 47.6 Å². The molecule has 3 aromatic rings. The average Bonchev–Trinajstić information content (AvgIpc) is 2.98. The molecule has 0 amide bonds. The molecule has 0 fully saturated rings. The average molecular weight is 362 g/mol. The molecule has 0 saturated carbocycles. The van der Waals surface area contributed by atoms with Crippen LogP contribution in [0.5, 0.6) is 0 Å². The van der Waals surface area contributed by atoms with Gasteiger partial charge in [-0.05, 0) is 43.7 Å². The highest BCUT2D eigenvalue weighted by atomic mass is 35.5. The zero-order valence-corrected chi connectivity index (χ0v) is 15.0. The van der Waals surface area contributed by atoms with Crippen molar-refractivity contribution in [3.05, 3.63) is 64.9 Å². The lowest BCUT2D eigenvalue weighted by Gasteiger charge is -2.12. The van der Waals surface area contributed by atoms with E-state index in [-0.39, 0.29) is 11.1 Å². The molecule has 124 valence electrons. The quantitative estimate of drug-likeness (QED) is 0.553. The maximum Gasteiger partial charge on any atom is 0.192 e. The van der Waals surface area contributed by atoms with Crippen molar-refractivity contribution in [1.82, 2.24) is 14.8 Å². The summed E-state index contributed by atoms with van der Waals surface area (Å²) in [5, 5.41) is 10.3. The van der Waals surface area contributed by atoms with Gasteiger partial charge in [-0.25, -0.2) is 4.39 Å². The first kappa shape index (κ1) is 17.0. The summed E-state index contributed by atoms with van der Waals surface area (Å²) < 4.78 is 15.1. The topological polar surface area (TPSA) is 30.7 Å². The molecule has 24 heavy (non-hydrogen) atoms. The molecule has 0 aliphatic rings. The fraction of sp³-hybridized carbons (Fsp3) is 0.222. The minimum Gasteiger partial charge on any atom is -0.302 e. The highest BCUT2D eigenvalue weighted by molar-refractivity contribution is 7.99. The van der Waals surface area contributed by atoms with Crippen LogP contribution in [0.4, 0.5) is 4.39 Å². The van der Waals surface area contributed by atoms with E-state index < -0.39 is 0 Å². The molecule has 0 bridgehead atoms. The Morgan fingerprint density at radius 1 is 1.17 bits per heavy atom. The number of halogens is 2. The first-order valence-corrected chi connectivity index (χ1v) is 8.95. The summed E-state index contributed by atoms with van der Waals surface area (Å²) in [5.41, 5.74) is 1.99. The van der Waals surface area contributed by atoms with Crippen LogP contribution in [0.2, 0.25) is 5.02 Å². The summed E-state index contributed by atoms with van der Waals surface area (Å²) in [7, 11) is 0. The van der Waals surface area contributed by atoms with E-state index >= 15 is 0 Å². The van der Waals surface area contributed by atoms with Crippen molar-refractivity contribution >= 4 is 23.4 Å². The van der Waals surface area contributed by atoms with E-state index in [2.05, 4.69) is 28.6 Å². The van der Waals surface area contributed by atoms with Gasteiger partial charge < -0.3 is 4.57 Å². The van der Waals surface area contributed by atoms with Crippen molar-refractivity contribution in [2.45, 2.75) is 30.8 Å². The molecule has 1 unspecified atom stereocenters. The van der Waals surface area contributed by atoms with Crippen LogP contribution >= 0.6 is 23.4 Å². The lowest BCUT2D eigenvalue weighted by atomic mass is 10.2. The summed E-state index contributed by atoms with van der Waals surface area (Å²) >= 11 is 7.69. The standard InChI is InChI=1S/C18H17ClFN3S/c1-3-23-17(14-5-4-6-15(19)11-14)21-22-18(23)24-12(2)13-7-9-16(20)10-8-13/h4-12H,3H2,1-2H3. The Bertz CT molecular complexity index is 833. The summed E-state index contributed by atoms with van der Waals surface area (Å²) in [6, 6.07) is 14.2. The van der Waals surface area contributed by atoms with E-state index in [1.54, 1.807) is 23.9 Å². The number of hydrogen-bond acceptors (Lipinski definition) is 3. The van der Waals surface area contributed by atoms with Gasteiger partial charge in [0, 0.05) is 22.4 Å². The van der Waals surface area contributed by atoms with Crippen molar-refractivity contribution < 1.29 is 4.39 Å². The largest absolute Gasteiger partial charge is 0.302 e. The Kier molecular flexibility index (Phi) is 5.21. The minimum absolute atomic E-state index is 0.146. The van der Waals surface area contributed by atoms with Crippen molar-refractivity contribution in [2.75, 3.05) is 0 Å². The SMILES string of the molecule is CCn1c(SC(C)c2ccc(F)cc2)nnc1-c1cccc(Cl)c1. The third kappa shape index (κ3) is 3.62. The second-order valence-corrected chi connectivity index (χ2v) is 7.12. The lowest BCUT2D eigenvalue weighted by molar-refractivity contribution is 0.627. The van der Waals surface area contributed by atoms with Gasteiger partial charge in [0.1, 0.15) is 5.82 Å². The maximum atomic E-state index is 13.1. The molecule has 0 spiro atoms. The summed E-state index contributed by atoms with van der Waals surface area (Å²) in [6.07, 6.45) is 0. The normalized spacial score (nSPS) is 12.3. The number of thioether (sulfide) groups is 1. The minimum atomic E-state index is -0.226. The van der Waals surface area contributed by atoms with Gasteiger partial charge in [-0.2, -0.15) is 0 Å². The first-order valence-electron chi connectivity index (χ1n) is 7.69. The van der Waals surface area contributed by atoms with Gasteiger partial charge in [0.2, 0.25) is 0 Å². The fourth-order valence-electron chi connectivity index (χ4n) is 2.46. The zero-order valence-electron chi connectivity index (χ0n) is 13.4. The predicted molar refractivity (Wildman–Crippen MR) is 96.8 cm³/mol. The van der Waals surface area contributed by atoms with E-state index in [9.17, 15) is 4.39 Å². The van der Waals surface area contributed by atoms with Crippen LogP contribution in [0.15, 0.2) is 53.7 Å². The van der Waals surface area contributed by atoms with Crippen LogP contribution in [-0.2, 0) is 6.54 Å². The summed E-state index contributed by atoms with van der Waals surface area (Å²) in [4.78, 5) is 0. The van der Waals surface area contributed by atoms with E-state index in [1.807, 2.05) is 24.3 Å². The van der Waals surface area contributed by atoms with Crippen LogP contribution in [0.25, 0.3) is 11.4 Å². The summed E-state index contributed by atoms with van der Waals surface area (Å²) in [5.74, 6) is 0.574. The van der Waals surface area contributed by atoms with Crippen molar-refractivity contribution in [3.63, 3.8) is 0 Å². The van der Waals surface area contributed by atoms with Crippen LogP contribution in [0, 0.1) is 5.82 Å². The molecule has 1 atom stereocenters. The molecule has 1 heterocycles. The van der Waals surface area contributed by atoms with E-state index in [4.69, 9.17) is 11.6 Å². The lowest BCUT2D eigenvalue weighted by Crippen LogP contribution is -2.01. The molecular weight excluding hydrogens is 345 g/mol. The van der Waals surface area contributed by atoms with Crippen LogP contribution in [0.3, 0.4) is 0 Å². The fourth-order valence-corrected chi connectivity index (χ4v) is 3.69. The molecular formula is C18H17ClFN3S. The second-order valence-electron chi connectivity index (χ2n) is 5.37. The third-order valence-electron chi connectivity index (χ3n) is 3.74. The number of rotatable bonds is 5. The molecule has 0 saturated heterocycles. The van der Waals surface area contributed by atoms with Gasteiger partial charge in [-0.3, -0.25) is 0 Å². The number of aromatic nitrogens is 3. The zero-order chi connectivity index (χ0) is 17.1. The highest BCUT2D eigenvalue weighted by Crippen LogP contribution is 2.35. The molecule has 0 N–H and O–H groups in total. The van der Waals surface area contributed by atoms with Crippen molar-refractivity contribution in [2.24, 2.45) is 0 Å². The Morgan fingerprint density at radius 2 is 1.92 bits per heavy atom. The monoisotopic (exact) mass is 361 g/mol. The molecule has 0 aliphatic carbocycles. The van der Waals surface area contributed by atoms with Crippen LogP contribution < -0.4 is 0 Å². The first-order chi connectivity index (χ1) is 11.6. The Hall–Kier alpha value is -1.85. The number of benzene rings is 2. The van der Waals surface area contributed by atoms with Gasteiger partial charge >= 0.3 is 0 Å². The molecule has 0 radical (unpaired) electrons. The Balaban J connectivity index is 1.88. The molecule has 0 aliphatic heterocycles. The number of nitrogens with zero attached hydrogens (tertiary/aromatic N) is 3. The van der Waals surface area contributed by atoms with Gasteiger partial charge in [0.25, 0.3) is 0 Å². The molecule has 2 aromatic carbocycles. The smallest absolute Gasteiger partial charge is 0.192 e. The summed E-state index contributed by atoms with van der Waals surface area (Å²) in [6.45, 7) is 4.89. The van der Waals surface area contributed by atoms with Crippen LogP contribution in [-0.4, -0.2) is 14.8 Å². The molecule has 3 rings (SSSR count). The van der Waals surface area contributed by atoms with Gasteiger partial charge in [0.05, 0.1) is 0 Å². The predicted octanol–water partition coefficient (Wildman–Crippen LogP) is 5.61. The molecule has 6 heteroatoms. The number of hydrogen-bond donors (Lipinski definition) is 0. The van der Waals surface area contributed by atoms with Crippen LogP contribution in [0.1, 0.15) is 24.7 Å². The van der Waals surface area contributed by atoms with E-state index in [0.29, 0.717) is 5.02 Å². The van der Waals surface area contributed by atoms with Gasteiger partial charge in [-0.15, -0.1) is 10.2 Å².